The number of piperazine rings is 1. The highest BCUT2D eigenvalue weighted by Crippen LogP contribution is 2.21. The highest BCUT2D eigenvalue weighted by Gasteiger charge is 2.21. The van der Waals surface area contributed by atoms with Crippen molar-refractivity contribution in [2.24, 2.45) is 0 Å². The van der Waals surface area contributed by atoms with Crippen LogP contribution in [0.2, 0.25) is 0 Å². The van der Waals surface area contributed by atoms with Crippen molar-refractivity contribution in [2.75, 3.05) is 37.6 Å². The molecule has 0 unspecified atom stereocenters. The van der Waals surface area contributed by atoms with Crippen molar-refractivity contribution in [2.45, 2.75) is 26.2 Å². The Labute approximate surface area is 161 Å². The smallest absolute Gasteiger partial charge is 0.317 e. The maximum Gasteiger partial charge on any atom is 0.317 e. The second kappa shape index (κ2) is 8.89. The van der Waals surface area contributed by atoms with E-state index >= 15 is 0 Å². The van der Waals surface area contributed by atoms with Crippen molar-refractivity contribution in [3.8, 4) is 0 Å². The van der Waals surface area contributed by atoms with Gasteiger partial charge in [0, 0.05) is 38.4 Å². The zero-order chi connectivity index (χ0) is 19.2. The van der Waals surface area contributed by atoms with Gasteiger partial charge >= 0.3 is 6.03 Å². The zero-order valence-electron chi connectivity index (χ0n) is 16.1. The number of carbonyl (C=O) groups excluding carboxylic acids is 1. The molecule has 144 valence electrons. The second-order valence-corrected chi connectivity index (χ2v) is 7.29. The molecule has 0 aromatic heterocycles. The van der Waals surface area contributed by atoms with Crippen LogP contribution in [-0.4, -0.2) is 43.7 Å². The molecule has 1 heterocycles. The maximum absolute atomic E-state index is 13.6. The lowest BCUT2D eigenvalue weighted by Crippen LogP contribution is -2.52. The van der Waals surface area contributed by atoms with Crippen molar-refractivity contribution in [3.05, 3.63) is 65.5 Å². The van der Waals surface area contributed by atoms with Crippen LogP contribution in [0.4, 0.5) is 14.9 Å². The molecule has 1 saturated heterocycles. The highest BCUT2D eigenvalue weighted by molar-refractivity contribution is 5.74. The second-order valence-electron chi connectivity index (χ2n) is 7.29. The molecule has 0 aliphatic carbocycles. The molecule has 4 nitrogen and oxygen atoms in total. The van der Waals surface area contributed by atoms with Gasteiger partial charge in [-0.2, -0.15) is 0 Å². The van der Waals surface area contributed by atoms with Crippen molar-refractivity contribution in [3.63, 3.8) is 0 Å². The molecule has 2 aromatic carbocycles. The molecule has 2 aromatic rings. The van der Waals surface area contributed by atoms with Crippen LogP contribution in [0.3, 0.4) is 0 Å². The number of hydrogen-bond donors (Lipinski definition) is 1. The number of anilines is 1. The SMILES string of the molecule is CC(C)c1ccc(N2CCN(C(=O)NCCc3ccccc3F)CC2)cc1. The minimum absolute atomic E-state index is 0.0684. The summed E-state index contributed by atoms with van der Waals surface area (Å²) in [4.78, 5) is 16.5. The van der Waals surface area contributed by atoms with Gasteiger partial charge in [-0.15, -0.1) is 0 Å². The van der Waals surface area contributed by atoms with Gasteiger partial charge in [0.2, 0.25) is 0 Å². The van der Waals surface area contributed by atoms with Gasteiger partial charge in [-0.3, -0.25) is 0 Å². The van der Waals surface area contributed by atoms with E-state index in [0.29, 0.717) is 37.5 Å². The fraction of sp³-hybridized carbons (Fsp3) is 0.409. The van der Waals surface area contributed by atoms with Crippen LogP contribution in [-0.2, 0) is 6.42 Å². The van der Waals surface area contributed by atoms with Gasteiger partial charge in [0.15, 0.2) is 0 Å². The molecule has 1 aliphatic heterocycles. The van der Waals surface area contributed by atoms with E-state index < -0.39 is 0 Å². The first-order valence-corrected chi connectivity index (χ1v) is 9.65. The molecule has 2 amide bonds. The van der Waals surface area contributed by atoms with Crippen molar-refractivity contribution >= 4 is 11.7 Å². The zero-order valence-corrected chi connectivity index (χ0v) is 16.1. The molecule has 1 fully saturated rings. The fourth-order valence-electron chi connectivity index (χ4n) is 3.35. The Kier molecular flexibility index (Phi) is 6.32. The summed E-state index contributed by atoms with van der Waals surface area (Å²) in [5.41, 5.74) is 3.18. The topological polar surface area (TPSA) is 35.6 Å². The van der Waals surface area contributed by atoms with Crippen LogP contribution in [0.1, 0.15) is 30.9 Å². The summed E-state index contributed by atoms with van der Waals surface area (Å²) in [5, 5.41) is 2.90. The van der Waals surface area contributed by atoms with Crippen LogP contribution in [0.5, 0.6) is 0 Å². The molecule has 1 aliphatic rings. The summed E-state index contributed by atoms with van der Waals surface area (Å²) >= 11 is 0. The molecular weight excluding hydrogens is 341 g/mol. The number of nitrogens with one attached hydrogen (secondary N) is 1. The van der Waals surface area contributed by atoms with Gasteiger partial charge in [0.05, 0.1) is 0 Å². The Bertz CT molecular complexity index is 752. The summed E-state index contributed by atoms with van der Waals surface area (Å²) in [5.74, 6) is 0.313. The van der Waals surface area contributed by atoms with E-state index in [0.717, 1.165) is 13.1 Å². The molecule has 3 rings (SSSR count). The molecule has 5 heteroatoms. The van der Waals surface area contributed by atoms with E-state index in [4.69, 9.17) is 0 Å². The lowest BCUT2D eigenvalue weighted by Gasteiger charge is -2.36. The largest absolute Gasteiger partial charge is 0.368 e. The van der Waals surface area contributed by atoms with Gasteiger partial charge in [-0.05, 0) is 41.7 Å². The summed E-state index contributed by atoms with van der Waals surface area (Å²) in [6.45, 7) is 7.85. The monoisotopic (exact) mass is 369 g/mol. The first kappa shape index (κ1) is 19.2. The predicted octanol–water partition coefficient (Wildman–Crippen LogP) is 4.02. The average Bonchev–Trinajstić information content (AvgIpc) is 2.69. The third kappa shape index (κ3) is 5.00. The first-order chi connectivity index (χ1) is 13.0. The number of hydrogen-bond acceptors (Lipinski definition) is 2. The molecular formula is C22H28FN3O. The summed E-state index contributed by atoms with van der Waals surface area (Å²) in [6.07, 6.45) is 0.501. The van der Waals surface area contributed by atoms with Crippen molar-refractivity contribution in [1.82, 2.24) is 10.2 Å². The number of nitrogens with zero attached hydrogens (tertiary/aromatic N) is 2. The van der Waals surface area contributed by atoms with Crippen LogP contribution >= 0.6 is 0 Å². The fourth-order valence-corrected chi connectivity index (χ4v) is 3.35. The molecule has 0 radical (unpaired) electrons. The summed E-state index contributed by atoms with van der Waals surface area (Å²) in [7, 11) is 0. The Balaban J connectivity index is 1.44. The molecule has 0 saturated carbocycles. The number of urea groups is 1. The molecule has 27 heavy (non-hydrogen) atoms. The normalized spacial score (nSPS) is 14.5. The quantitative estimate of drug-likeness (QED) is 0.864. The minimum atomic E-state index is -0.219. The van der Waals surface area contributed by atoms with E-state index in [2.05, 4.69) is 48.3 Å². The number of halogens is 1. The molecule has 0 atom stereocenters. The van der Waals surface area contributed by atoms with Crippen LogP contribution < -0.4 is 10.2 Å². The summed E-state index contributed by atoms with van der Waals surface area (Å²) < 4.78 is 13.6. The van der Waals surface area contributed by atoms with E-state index in [1.165, 1.54) is 17.3 Å². The minimum Gasteiger partial charge on any atom is -0.368 e. The molecule has 0 bridgehead atoms. The first-order valence-electron chi connectivity index (χ1n) is 9.65. The molecule has 1 N–H and O–H groups in total. The van der Waals surface area contributed by atoms with E-state index in [-0.39, 0.29) is 11.8 Å². The van der Waals surface area contributed by atoms with Crippen LogP contribution in [0.15, 0.2) is 48.5 Å². The number of benzene rings is 2. The lowest BCUT2D eigenvalue weighted by molar-refractivity contribution is 0.194. The average molecular weight is 369 g/mol. The van der Waals surface area contributed by atoms with E-state index in [1.54, 1.807) is 12.1 Å². The van der Waals surface area contributed by atoms with Crippen molar-refractivity contribution in [1.29, 1.82) is 0 Å². The Morgan fingerprint density at radius 3 is 2.33 bits per heavy atom. The van der Waals surface area contributed by atoms with Crippen LogP contribution in [0, 0.1) is 5.82 Å². The van der Waals surface area contributed by atoms with Gasteiger partial charge in [-0.1, -0.05) is 44.2 Å². The third-order valence-corrected chi connectivity index (χ3v) is 5.12. The maximum atomic E-state index is 13.6. The van der Waals surface area contributed by atoms with Gasteiger partial charge in [0.25, 0.3) is 0 Å². The standard InChI is InChI=1S/C22H28FN3O/c1-17(2)18-7-9-20(10-8-18)25-13-15-26(16-14-25)22(27)24-12-11-19-5-3-4-6-21(19)23/h3-10,17H,11-16H2,1-2H3,(H,24,27). The number of carbonyl (C=O) groups is 1. The third-order valence-electron chi connectivity index (χ3n) is 5.12. The Morgan fingerprint density at radius 2 is 1.70 bits per heavy atom. The summed E-state index contributed by atoms with van der Waals surface area (Å²) in [6, 6.07) is 15.3. The predicted molar refractivity (Wildman–Crippen MR) is 108 cm³/mol. The number of rotatable bonds is 5. The number of amides is 2. The van der Waals surface area contributed by atoms with E-state index in [1.807, 2.05) is 11.0 Å². The van der Waals surface area contributed by atoms with Gasteiger partial charge < -0.3 is 15.1 Å². The van der Waals surface area contributed by atoms with Crippen LogP contribution in [0.25, 0.3) is 0 Å². The van der Waals surface area contributed by atoms with Crippen molar-refractivity contribution < 1.29 is 9.18 Å². The van der Waals surface area contributed by atoms with E-state index in [9.17, 15) is 9.18 Å². The Hall–Kier alpha value is -2.56. The van der Waals surface area contributed by atoms with Gasteiger partial charge in [0.1, 0.15) is 5.82 Å². The Morgan fingerprint density at radius 1 is 1.04 bits per heavy atom. The lowest BCUT2D eigenvalue weighted by atomic mass is 10.0. The highest BCUT2D eigenvalue weighted by atomic mass is 19.1. The molecule has 0 spiro atoms. The van der Waals surface area contributed by atoms with Gasteiger partial charge in [-0.25, -0.2) is 9.18 Å².